The van der Waals surface area contributed by atoms with E-state index in [1.807, 2.05) is 24.3 Å². The number of carboxylic acids is 1. The quantitative estimate of drug-likeness (QED) is 0.343. The minimum Gasteiger partial charge on any atom is -0.478 e. The highest BCUT2D eigenvalue weighted by molar-refractivity contribution is 5.92. The van der Waals surface area contributed by atoms with E-state index >= 15 is 0 Å². The second-order valence-corrected chi connectivity index (χ2v) is 8.49. The Morgan fingerprint density at radius 2 is 1.85 bits per heavy atom. The van der Waals surface area contributed by atoms with E-state index in [1.165, 1.54) is 0 Å². The topological polar surface area (TPSA) is 89.8 Å². The van der Waals surface area contributed by atoms with E-state index in [0.29, 0.717) is 11.5 Å². The van der Waals surface area contributed by atoms with Crippen molar-refractivity contribution >= 4 is 17.0 Å². The van der Waals surface area contributed by atoms with Crippen molar-refractivity contribution in [1.29, 1.82) is 5.26 Å². The largest absolute Gasteiger partial charge is 0.478 e. The molecule has 0 amide bonds. The van der Waals surface area contributed by atoms with Crippen LogP contribution in [-0.4, -0.2) is 21.0 Å². The van der Waals surface area contributed by atoms with E-state index in [2.05, 4.69) is 56.1 Å². The van der Waals surface area contributed by atoms with Crippen LogP contribution in [0.15, 0.2) is 66.7 Å². The summed E-state index contributed by atoms with van der Waals surface area (Å²) in [7, 11) is 0. The van der Waals surface area contributed by atoms with Gasteiger partial charge in [-0.1, -0.05) is 69.7 Å². The number of carboxylic acid groups (broad SMARTS) is 1. The lowest BCUT2D eigenvalue weighted by molar-refractivity contribution is 0.0697. The van der Waals surface area contributed by atoms with Gasteiger partial charge < -0.3 is 10.1 Å². The number of hydrogen-bond donors (Lipinski definition) is 2. The van der Waals surface area contributed by atoms with Crippen LogP contribution in [0, 0.1) is 17.2 Å². The van der Waals surface area contributed by atoms with E-state index in [0.717, 1.165) is 46.4 Å². The van der Waals surface area contributed by atoms with Crippen molar-refractivity contribution in [3.05, 3.63) is 89.2 Å². The third-order valence-corrected chi connectivity index (χ3v) is 6.92. The predicted octanol–water partition coefficient (Wildman–Crippen LogP) is 6.54. The molecule has 0 aliphatic rings. The van der Waals surface area contributed by atoms with E-state index in [4.69, 9.17) is 4.98 Å². The first-order chi connectivity index (χ1) is 15.9. The second-order valence-electron chi connectivity index (χ2n) is 8.49. The van der Waals surface area contributed by atoms with Gasteiger partial charge in [0, 0.05) is 0 Å². The molecule has 166 valence electrons. The number of imidazole rings is 1. The summed E-state index contributed by atoms with van der Waals surface area (Å²) in [5.41, 5.74) is 5.09. The molecule has 4 aromatic rings. The monoisotopic (exact) mass is 437 g/mol. The van der Waals surface area contributed by atoms with Crippen LogP contribution in [0.25, 0.3) is 22.2 Å². The molecular weight excluding hydrogens is 410 g/mol. The van der Waals surface area contributed by atoms with Gasteiger partial charge in [-0.3, -0.25) is 0 Å². The predicted molar refractivity (Wildman–Crippen MR) is 130 cm³/mol. The molecule has 1 heterocycles. The maximum absolute atomic E-state index is 11.4. The number of nitrogens with one attached hydrogen (secondary N) is 1. The Morgan fingerprint density at radius 1 is 1.12 bits per heavy atom. The SMILES string of the molecule is CCC(C)C(CC)(c1ccc(-c2ccccc2C#N)cc1)c1nc2ccc(C(=O)O)cc2[nH]1. The van der Waals surface area contributed by atoms with Crippen LogP contribution < -0.4 is 0 Å². The van der Waals surface area contributed by atoms with Gasteiger partial charge in [0.1, 0.15) is 5.82 Å². The van der Waals surface area contributed by atoms with E-state index in [-0.39, 0.29) is 11.0 Å². The molecule has 4 rings (SSSR count). The molecule has 0 aliphatic carbocycles. The van der Waals surface area contributed by atoms with Crippen molar-refractivity contribution in [3.8, 4) is 17.2 Å². The van der Waals surface area contributed by atoms with Gasteiger partial charge in [0.25, 0.3) is 0 Å². The summed E-state index contributed by atoms with van der Waals surface area (Å²) in [5.74, 6) is 0.186. The summed E-state index contributed by atoms with van der Waals surface area (Å²) in [5, 5.41) is 18.8. The molecule has 5 heteroatoms. The third-order valence-electron chi connectivity index (χ3n) is 6.92. The molecule has 0 saturated heterocycles. The lowest BCUT2D eigenvalue weighted by Gasteiger charge is -2.37. The number of benzene rings is 3. The molecule has 0 spiro atoms. The van der Waals surface area contributed by atoms with Crippen molar-refractivity contribution in [1.82, 2.24) is 9.97 Å². The summed E-state index contributed by atoms with van der Waals surface area (Å²) >= 11 is 0. The van der Waals surface area contributed by atoms with Crippen LogP contribution in [0.5, 0.6) is 0 Å². The number of fused-ring (bicyclic) bond motifs is 1. The van der Waals surface area contributed by atoms with Crippen LogP contribution in [-0.2, 0) is 5.41 Å². The first kappa shape index (κ1) is 22.3. The van der Waals surface area contributed by atoms with Crippen LogP contribution in [0.2, 0.25) is 0 Å². The van der Waals surface area contributed by atoms with Gasteiger partial charge in [0.2, 0.25) is 0 Å². The Labute approximate surface area is 193 Å². The number of nitriles is 1. The molecule has 0 bridgehead atoms. The van der Waals surface area contributed by atoms with Crippen molar-refractivity contribution in [3.63, 3.8) is 0 Å². The fourth-order valence-electron chi connectivity index (χ4n) is 4.86. The highest BCUT2D eigenvalue weighted by Crippen LogP contribution is 2.43. The number of H-pyrrole nitrogens is 1. The third kappa shape index (κ3) is 3.78. The van der Waals surface area contributed by atoms with Gasteiger partial charge in [-0.25, -0.2) is 9.78 Å². The van der Waals surface area contributed by atoms with Gasteiger partial charge in [0.15, 0.2) is 0 Å². The zero-order valence-electron chi connectivity index (χ0n) is 19.1. The first-order valence-corrected chi connectivity index (χ1v) is 11.3. The molecule has 33 heavy (non-hydrogen) atoms. The smallest absolute Gasteiger partial charge is 0.335 e. The number of hydrogen-bond acceptors (Lipinski definition) is 3. The van der Waals surface area contributed by atoms with Crippen molar-refractivity contribution < 1.29 is 9.90 Å². The minimum atomic E-state index is -0.954. The number of aromatic nitrogens is 2. The summed E-state index contributed by atoms with van der Waals surface area (Å²) in [6.07, 6.45) is 1.80. The zero-order valence-corrected chi connectivity index (χ0v) is 19.1. The molecule has 2 N–H and O–H groups in total. The Kier molecular flexibility index (Phi) is 6.02. The molecule has 0 radical (unpaired) electrons. The normalized spacial score (nSPS) is 13.9. The standard InChI is InChI=1S/C28H27N3O2/c1-4-18(3)28(5-2,27-30-24-15-12-20(26(32)33)16-25(24)31-27)22-13-10-19(11-14-22)23-9-7-6-8-21(23)17-29/h6-16,18H,4-5H2,1-3H3,(H,30,31)(H,32,33). The maximum atomic E-state index is 11.4. The van der Waals surface area contributed by atoms with Crippen LogP contribution in [0.4, 0.5) is 0 Å². The number of nitrogens with zero attached hydrogens (tertiary/aromatic N) is 2. The molecule has 0 saturated carbocycles. The van der Waals surface area contributed by atoms with Crippen LogP contribution >= 0.6 is 0 Å². The molecule has 0 fully saturated rings. The number of aromatic carboxylic acids is 1. The lowest BCUT2D eigenvalue weighted by Crippen LogP contribution is -2.35. The van der Waals surface area contributed by atoms with Gasteiger partial charge in [-0.05, 0) is 53.3 Å². The summed E-state index contributed by atoms with van der Waals surface area (Å²) in [6, 6.07) is 23.3. The Morgan fingerprint density at radius 3 is 2.48 bits per heavy atom. The Hall–Kier alpha value is -3.91. The fourth-order valence-corrected chi connectivity index (χ4v) is 4.86. The average molecular weight is 438 g/mol. The molecule has 2 unspecified atom stereocenters. The fraction of sp³-hybridized carbons (Fsp3) is 0.250. The van der Waals surface area contributed by atoms with Crippen molar-refractivity contribution in [2.24, 2.45) is 5.92 Å². The molecule has 0 aliphatic heterocycles. The number of rotatable bonds is 7. The Bertz CT molecular complexity index is 1350. The Balaban J connectivity index is 1.85. The maximum Gasteiger partial charge on any atom is 0.335 e. The molecular formula is C28H27N3O2. The number of aromatic amines is 1. The second kappa shape index (κ2) is 8.91. The van der Waals surface area contributed by atoms with E-state index < -0.39 is 5.97 Å². The minimum absolute atomic E-state index is 0.240. The van der Waals surface area contributed by atoms with Gasteiger partial charge >= 0.3 is 5.97 Å². The zero-order chi connectivity index (χ0) is 23.6. The van der Waals surface area contributed by atoms with Gasteiger partial charge in [0.05, 0.1) is 33.6 Å². The van der Waals surface area contributed by atoms with E-state index in [9.17, 15) is 15.2 Å². The molecule has 2 atom stereocenters. The molecule has 3 aromatic carbocycles. The molecule has 5 nitrogen and oxygen atoms in total. The highest BCUT2D eigenvalue weighted by atomic mass is 16.4. The summed E-state index contributed by atoms with van der Waals surface area (Å²) < 4.78 is 0. The van der Waals surface area contributed by atoms with Crippen molar-refractivity contribution in [2.75, 3.05) is 0 Å². The highest BCUT2D eigenvalue weighted by Gasteiger charge is 2.40. The van der Waals surface area contributed by atoms with Gasteiger partial charge in [-0.15, -0.1) is 0 Å². The summed E-state index contributed by atoms with van der Waals surface area (Å²) in [4.78, 5) is 19.8. The van der Waals surface area contributed by atoms with Crippen LogP contribution in [0.1, 0.15) is 60.9 Å². The lowest BCUT2D eigenvalue weighted by atomic mass is 9.67. The van der Waals surface area contributed by atoms with Crippen LogP contribution in [0.3, 0.4) is 0 Å². The van der Waals surface area contributed by atoms with Crippen molar-refractivity contribution in [2.45, 2.75) is 39.0 Å². The molecule has 1 aromatic heterocycles. The summed E-state index contributed by atoms with van der Waals surface area (Å²) in [6.45, 7) is 6.58. The average Bonchev–Trinajstić information content (AvgIpc) is 3.28. The number of carbonyl (C=O) groups is 1. The first-order valence-electron chi connectivity index (χ1n) is 11.3. The van der Waals surface area contributed by atoms with Gasteiger partial charge in [-0.2, -0.15) is 5.26 Å². The van der Waals surface area contributed by atoms with E-state index in [1.54, 1.807) is 18.2 Å².